The van der Waals surface area contributed by atoms with Crippen molar-refractivity contribution in [3.05, 3.63) is 81.0 Å². The Hall–Kier alpha value is -2.10. The van der Waals surface area contributed by atoms with Gasteiger partial charge < -0.3 is 5.11 Å². The number of benzene rings is 1. The summed E-state index contributed by atoms with van der Waals surface area (Å²) in [4.78, 5) is 13.1. The van der Waals surface area contributed by atoms with Gasteiger partial charge in [0.25, 0.3) is 0 Å². The number of rotatable bonds is 5. The summed E-state index contributed by atoms with van der Waals surface area (Å²) in [7, 11) is 0. The van der Waals surface area contributed by atoms with E-state index in [1.54, 1.807) is 6.08 Å². The Kier molecular flexibility index (Phi) is 5.36. The first-order valence-corrected chi connectivity index (χ1v) is 7.80. The van der Waals surface area contributed by atoms with Crippen LogP contribution in [-0.4, -0.2) is 11.1 Å². The molecular formula is C18H15ClO2S. The number of hydrogen-bond donors (Lipinski definition) is 1. The zero-order valence-corrected chi connectivity index (χ0v) is 13.6. The Bertz CT molecular complexity index is 755. The van der Waals surface area contributed by atoms with E-state index in [4.69, 9.17) is 16.7 Å². The van der Waals surface area contributed by atoms with Crippen molar-refractivity contribution in [1.82, 2.24) is 0 Å². The molecule has 0 bridgehead atoms. The molecule has 0 fully saturated rings. The Morgan fingerprint density at radius 1 is 1.32 bits per heavy atom. The van der Waals surface area contributed by atoms with E-state index in [1.807, 2.05) is 49.4 Å². The molecule has 0 aliphatic carbocycles. The van der Waals surface area contributed by atoms with Crippen molar-refractivity contribution in [3.63, 3.8) is 0 Å². The molecule has 1 aromatic carbocycles. The lowest BCUT2D eigenvalue weighted by atomic mass is 10.0. The van der Waals surface area contributed by atoms with E-state index < -0.39 is 5.97 Å². The standard InChI is InChI=1S/C18H15ClO2S/c1-12-10-17(22-16(12)9-8-13(2)19)15(11-18(20)21)14-6-4-3-5-7-14/h3-11H,2H2,1H3,(H,20,21). The van der Waals surface area contributed by atoms with Crippen LogP contribution in [0, 0.1) is 6.92 Å². The van der Waals surface area contributed by atoms with E-state index in [0.29, 0.717) is 10.6 Å². The maximum atomic E-state index is 11.1. The highest BCUT2D eigenvalue weighted by atomic mass is 35.5. The van der Waals surface area contributed by atoms with E-state index in [2.05, 4.69) is 6.58 Å². The highest BCUT2D eigenvalue weighted by Crippen LogP contribution is 2.33. The van der Waals surface area contributed by atoms with Gasteiger partial charge in [-0.25, -0.2) is 4.79 Å². The summed E-state index contributed by atoms with van der Waals surface area (Å²) in [6.07, 6.45) is 4.87. The predicted octanol–water partition coefficient (Wildman–Crippen LogP) is 5.34. The number of aliphatic carboxylic acids is 1. The third-order valence-electron chi connectivity index (χ3n) is 2.99. The molecule has 0 saturated heterocycles. The maximum Gasteiger partial charge on any atom is 0.328 e. The number of carbonyl (C=O) groups is 1. The Morgan fingerprint density at radius 2 is 2.00 bits per heavy atom. The lowest BCUT2D eigenvalue weighted by Crippen LogP contribution is -1.92. The zero-order chi connectivity index (χ0) is 16.1. The second-order valence-corrected chi connectivity index (χ2v) is 6.27. The van der Waals surface area contributed by atoms with Crippen LogP contribution < -0.4 is 0 Å². The van der Waals surface area contributed by atoms with Crippen LogP contribution >= 0.6 is 22.9 Å². The van der Waals surface area contributed by atoms with Crippen LogP contribution in [0.1, 0.15) is 20.9 Å². The van der Waals surface area contributed by atoms with Crippen molar-refractivity contribution in [1.29, 1.82) is 0 Å². The minimum atomic E-state index is -0.962. The summed E-state index contributed by atoms with van der Waals surface area (Å²) in [5.74, 6) is -0.962. The van der Waals surface area contributed by atoms with Gasteiger partial charge >= 0.3 is 5.97 Å². The molecule has 0 spiro atoms. The molecule has 0 radical (unpaired) electrons. The summed E-state index contributed by atoms with van der Waals surface area (Å²) in [6.45, 7) is 5.61. The smallest absolute Gasteiger partial charge is 0.328 e. The van der Waals surface area contributed by atoms with Gasteiger partial charge in [0.05, 0.1) is 0 Å². The monoisotopic (exact) mass is 330 g/mol. The van der Waals surface area contributed by atoms with Gasteiger partial charge in [0.15, 0.2) is 0 Å². The third-order valence-corrected chi connectivity index (χ3v) is 4.35. The van der Waals surface area contributed by atoms with Crippen molar-refractivity contribution >= 4 is 40.6 Å². The van der Waals surface area contributed by atoms with Gasteiger partial charge in [-0.1, -0.05) is 48.5 Å². The second-order valence-electron chi connectivity index (χ2n) is 4.70. The molecular weight excluding hydrogens is 316 g/mol. The fourth-order valence-corrected chi connectivity index (χ4v) is 3.18. The van der Waals surface area contributed by atoms with Gasteiger partial charge in [0.2, 0.25) is 0 Å². The van der Waals surface area contributed by atoms with Crippen molar-refractivity contribution in [2.45, 2.75) is 6.92 Å². The van der Waals surface area contributed by atoms with Gasteiger partial charge in [0.1, 0.15) is 0 Å². The third kappa shape index (κ3) is 4.20. The molecule has 2 rings (SSSR count). The quantitative estimate of drug-likeness (QED) is 0.593. The van der Waals surface area contributed by atoms with Gasteiger partial charge in [-0.05, 0) is 36.3 Å². The summed E-state index contributed by atoms with van der Waals surface area (Å²) in [6, 6.07) is 11.5. The molecule has 2 aromatic rings. The normalized spacial score (nSPS) is 11.8. The molecule has 0 saturated carbocycles. The summed E-state index contributed by atoms with van der Waals surface area (Å²) in [5, 5.41) is 9.60. The van der Waals surface area contributed by atoms with Crippen LogP contribution in [0.5, 0.6) is 0 Å². The second kappa shape index (κ2) is 7.25. The molecule has 0 unspecified atom stereocenters. The van der Waals surface area contributed by atoms with E-state index in [1.165, 1.54) is 17.4 Å². The van der Waals surface area contributed by atoms with Gasteiger partial charge in [-0.15, -0.1) is 11.3 Å². The number of allylic oxidation sites excluding steroid dienone is 2. The zero-order valence-electron chi connectivity index (χ0n) is 12.0. The number of halogens is 1. The van der Waals surface area contributed by atoms with Crippen LogP contribution in [0.4, 0.5) is 0 Å². The molecule has 112 valence electrons. The molecule has 0 amide bonds. The molecule has 1 aromatic heterocycles. The first kappa shape index (κ1) is 16.3. The Morgan fingerprint density at radius 3 is 2.59 bits per heavy atom. The number of carboxylic acid groups (broad SMARTS) is 1. The summed E-state index contributed by atoms with van der Waals surface area (Å²) >= 11 is 7.28. The van der Waals surface area contributed by atoms with Crippen LogP contribution in [0.2, 0.25) is 0 Å². The van der Waals surface area contributed by atoms with E-state index in [0.717, 1.165) is 20.9 Å². The lowest BCUT2D eigenvalue weighted by Gasteiger charge is -2.04. The highest BCUT2D eigenvalue weighted by Gasteiger charge is 2.11. The molecule has 22 heavy (non-hydrogen) atoms. The SMILES string of the molecule is C=C(Cl)C=Cc1sc(C(=CC(=O)O)c2ccccc2)cc1C. The van der Waals surface area contributed by atoms with E-state index >= 15 is 0 Å². The molecule has 0 aliphatic rings. The first-order chi connectivity index (χ1) is 10.5. The summed E-state index contributed by atoms with van der Waals surface area (Å²) in [5.41, 5.74) is 2.65. The van der Waals surface area contributed by atoms with Crippen LogP contribution in [0.3, 0.4) is 0 Å². The Labute approximate surface area is 138 Å². The number of thiophene rings is 1. The van der Waals surface area contributed by atoms with Gasteiger partial charge in [-0.3, -0.25) is 0 Å². The molecule has 4 heteroatoms. The maximum absolute atomic E-state index is 11.1. The van der Waals surface area contributed by atoms with Gasteiger partial charge in [0, 0.05) is 26.4 Å². The van der Waals surface area contributed by atoms with Crippen molar-refractivity contribution in [2.24, 2.45) is 0 Å². The highest BCUT2D eigenvalue weighted by molar-refractivity contribution is 7.14. The molecule has 0 atom stereocenters. The minimum absolute atomic E-state index is 0.457. The number of aryl methyl sites for hydroxylation is 1. The molecule has 1 heterocycles. The topological polar surface area (TPSA) is 37.3 Å². The average molecular weight is 331 g/mol. The van der Waals surface area contributed by atoms with E-state index in [-0.39, 0.29) is 0 Å². The summed E-state index contributed by atoms with van der Waals surface area (Å²) < 4.78 is 0. The Balaban J connectivity index is 2.48. The largest absolute Gasteiger partial charge is 0.478 e. The fourth-order valence-electron chi connectivity index (χ4n) is 2.00. The van der Waals surface area contributed by atoms with Gasteiger partial charge in [-0.2, -0.15) is 0 Å². The number of carboxylic acids is 1. The fraction of sp³-hybridized carbons (Fsp3) is 0.0556. The minimum Gasteiger partial charge on any atom is -0.478 e. The number of hydrogen-bond acceptors (Lipinski definition) is 2. The van der Waals surface area contributed by atoms with Crippen molar-refractivity contribution < 1.29 is 9.90 Å². The van der Waals surface area contributed by atoms with Crippen LogP contribution in [0.15, 0.2) is 60.2 Å². The lowest BCUT2D eigenvalue weighted by molar-refractivity contribution is -0.131. The van der Waals surface area contributed by atoms with Crippen molar-refractivity contribution in [2.75, 3.05) is 0 Å². The van der Waals surface area contributed by atoms with Crippen molar-refractivity contribution in [3.8, 4) is 0 Å². The predicted molar refractivity (Wildman–Crippen MR) is 94.2 cm³/mol. The first-order valence-electron chi connectivity index (χ1n) is 6.60. The van der Waals surface area contributed by atoms with E-state index in [9.17, 15) is 4.79 Å². The van der Waals surface area contributed by atoms with Crippen LogP contribution in [0.25, 0.3) is 11.6 Å². The average Bonchev–Trinajstić information content (AvgIpc) is 2.84. The molecule has 2 nitrogen and oxygen atoms in total. The van der Waals surface area contributed by atoms with Crippen LogP contribution in [-0.2, 0) is 4.79 Å². The molecule has 0 aliphatic heterocycles. The molecule has 1 N–H and O–H groups in total.